The van der Waals surface area contributed by atoms with Gasteiger partial charge in [-0.1, -0.05) is 23.7 Å². The van der Waals surface area contributed by atoms with Gasteiger partial charge in [0.1, 0.15) is 0 Å². The van der Waals surface area contributed by atoms with Crippen LogP contribution in [0.25, 0.3) is 0 Å². The van der Waals surface area contributed by atoms with Gasteiger partial charge >= 0.3 is 0 Å². The number of rotatable bonds is 0. The van der Waals surface area contributed by atoms with Crippen LogP contribution in [0.3, 0.4) is 0 Å². The fourth-order valence-electron chi connectivity index (χ4n) is 0.475. The van der Waals surface area contributed by atoms with Crippen molar-refractivity contribution in [2.24, 2.45) is 0 Å². The lowest BCUT2D eigenvalue weighted by atomic mass is 10.3. The minimum Gasteiger partial charge on any atom is -0.398 e. The molecule has 1 rings (SSSR count). The third-order valence-corrected chi connectivity index (χ3v) is 1.25. The van der Waals surface area contributed by atoms with Gasteiger partial charge in [0, 0.05) is 0 Å². The summed E-state index contributed by atoms with van der Waals surface area (Å²) in [5.41, 5.74) is 6.02. The van der Waals surface area contributed by atoms with Gasteiger partial charge in [-0.05, 0) is 12.1 Å². The molecule has 1 aromatic carbocycles. The molecule has 0 unspecified atom stereocenters. The molecule has 0 heterocycles. The van der Waals surface area contributed by atoms with Crippen molar-refractivity contribution in [3.63, 3.8) is 0 Å². The molecule has 1 aromatic rings. The average molecular weight is 191 g/mol. The van der Waals surface area contributed by atoms with Crippen LogP contribution in [0, 0.1) is 10.1 Å². The number of nitrogens with two attached hydrogens (primary N) is 1. The number of hydrogen-bond acceptors (Lipinski definition) is 3. The molecule has 66 valence electrons. The Kier molecular flexibility index (Phi) is 4.55. The number of hydrogen-bond donors (Lipinski definition) is 2. The fraction of sp³-hybridized carbons (Fsp3) is 0. The standard InChI is InChI=1S/C6H6ClN.HNO3/c7-5-3-1-2-4-6(5)8;2-1(3)4/h1-4H,8H2;(H,2,3,4). The first-order valence-electron chi connectivity index (χ1n) is 2.87. The van der Waals surface area contributed by atoms with E-state index >= 15 is 0 Å². The number of halogens is 1. The molecular weight excluding hydrogens is 184 g/mol. The molecule has 5 nitrogen and oxygen atoms in total. The van der Waals surface area contributed by atoms with Crippen LogP contribution in [0.2, 0.25) is 5.02 Å². The monoisotopic (exact) mass is 190 g/mol. The molecule has 0 spiro atoms. The average Bonchev–Trinajstić information content (AvgIpc) is 1.94. The lowest BCUT2D eigenvalue weighted by Gasteiger charge is -1.91. The third kappa shape index (κ3) is 5.31. The van der Waals surface area contributed by atoms with Crippen LogP contribution in [-0.4, -0.2) is 10.3 Å². The molecule has 0 aromatic heterocycles. The Morgan fingerprint density at radius 2 is 1.92 bits per heavy atom. The molecule has 0 fully saturated rings. The van der Waals surface area contributed by atoms with E-state index in [1.165, 1.54) is 0 Å². The lowest BCUT2D eigenvalue weighted by Crippen LogP contribution is -1.82. The van der Waals surface area contributed by atoms with Gasteiger partial charge in [-0.2, -0.15) is 0 Å². The van der Waals surface area contributed by atoms with Crippen LogP contribution in [-0.2, 0) is 0 Å². The summed E-state index contributed by atoms with van der Waals surface area (Å²) in [6.07, 6.45) is 0. The van der Waals surface area contributed by atoms with Gasteiger partial charge in [-0.25, -0.2) is 0 Å². The second-order valence-electron chi connectivity index (χ2n) is 1.76. The molecule has 0 aliphatic heterocycles. The van der Waals surface area contributed by atoms with Crippen LogP contribution < -0.4 is 5.73 Å². The van der Waals surface area contributed by atoms with Crippen molar-refractivity contribution in [3.05, 3.63) is 39.4 Å². The van der Waals surface area contributed by atoms with Gasteiger partial charge in [0.25, 0.3) is 5.09 Å². The van der Waals surface area contributed by atoms with E-state index in [9.17, 15) is 0 Å². The summed E-state index contributed by atoms with van der Waals surface area (Å²) < 4.78 is 0. The van der Waals surface area contributed by atoms with E-state index in [1.54, 1.807) is 12.1 Å². The Balaban J connectivity index is 0.000000261. The molecule has 0 amide bonds. The molecule has 0 aliphatic carbocycles. The van der Waals surface area contributed by atoms with Crippen molar-refractivity contribution < 1.29 is 10.3 Å². The van der Waals surface area contributed by atoms with E-state index in [0.29, 0.717) is 10.7 Å². The first kappa shape index (κ1) is 10.5. The highest BCUT2D eigenvalue weighted by molar-refractivity contribution is 6.33. The van der Waals surface area contributed by atoms with Crippen molar-refractivity contribution in [1.82, 2.24) is 0 Å². The minimum absolute atomic E-state index is 0.618. The quantitative estimate of drug-likeness (QED) is 0.369. The number of benzene rings is 1. The molecule has 0 saturated heterocycles. The van der Waals surface area contributed by atoms with Crippen molar-refractivity contribution >= 4 is 17.3 Å². The fourth-order valence-corrected chi connectivity index (χ4v) is 0.611. The second kappa shape index (κ2) is 5.20. The minimum atomic E-state index is -1.50. The summed E-state index contributed by atoms with van der Waals surface area (Å²) in [5, 5.41) is 14.3. The van der Waals surface area contributed by atoms with E-state index in [0.717, 1.165) is 0 Å². The maximum atomic E-state index is 8.36. The first-order valence-corrected chi connectivity index (χ1v) is 3.25. The van der Waals surface area contributed by atoms with E-state index in [-0.39, 0.29) is 0 Å². The summed E-state index contributed by atoms with van der Waals surface area (Å²) >= 11 is 5.58. The molecule has 0 bridgehead atoms. The van der Waals surface area contributed by atoms with Crippen LogP contribution in [0.4, 0.5) is 5.69 Å². The summed E-state index contributed by atoms with van der Waals surface area (Å²) in [6.45, 7) is 0. The second-order valence-corrected chi connectivity index (χ2v) is 2.17. The first-order chi connectivity index (χ1) is 5.54. The van der Waals surface area contributed by atoms with E-state index < -0.39 is 5.09 Å². The van der Waals surface area contributed by atoms with Crippen molar-refractivity contribution in [2.45, 2.75) is 0 Å². The smallest absolute Gasteiger partial charge is 0.291 e. The zero-order valence-corrected chi connectivity index (χ0v) is 6.73. The van der Waals surface area contributed by atoms with Crippen LogP contribution in [0.15, 0.2) is 24.3 Å². The zero-order valence-electron chi connectivity index (χ0n) is 5.98. The number of nitrogen functional groups attached to an aromatic ring is 1. The van der Waals surface area contributed by atoms with Crippen LogP contribution in [0.5, 0.6) is 0 Å². The number of anilines is 1. The van der Waals surface area contributed by atoms with E-state index in [4.69, 9.17) is 32.7 Å². The molecule has 0 saturated carbocycles. The molecule has 6 heteroatoms. The highest BCUT2D eigenvalue weighted by atomic mass is 35.5. The highest BCUT2D eigenvalue weighted by Crippen LogP contribution is 2.15. The zero-order chi connectivity index (χ0) is 9.56. The molecule has 3 N–H and O–H groups in total. The summed E-state index contributed by atoms with van der Waals surface area (Å²) in [5.74, 6) is 0. The largest absolute Gasteiger partial charge is 0.398 e. The number of para-hydroxylation sites is 1. The Hall–Kier alpha value is -1.49. The maximum Gasteiger partial charge on any atom is 0.291 e. The van der Waals surface area contributed by atoms with E-state index in [2.05, 4.69) is 0 Å². The van der Waals surface area contributed by atoms with Crippen molar-refractivity contribution in [2.75, 3.05) is 5.73 Å². The normalized spacial score (nSPS) is 8.08. The van der Waals surface area contributed by atoms with Gasteiger partial charge in [0.15, 0.2) is 0 Å². The Morgan fingerprint density at radius 3 is 2.17 bits per heavy atom. The van der Waals surface area contributed by atoms with Gasteiger partial charge in [0.2, 0.25) is 0 Å². The van der Waals surface area contributed by atoms with Crippen molar-refractivity contribution in [3.8, 4) is 0 Å². The van der Waals surface area contributed by atoms with Crippen LogP contribution in [0.1, 0.15) is 0 Å². The van der Waals surface area contributed by atoms with E-state index in [1.807, 2.05) is 12.1 Å². The predicted molar refractivity (Wildman–Crippen MR) is 44.6 cm³/mol. The highest BCUT2D eigenvalue weighted by Gasteiger charge is 1.87. The number of nitrogens with zero attached hydrogens (tertiary/aromatic N) is 1. The SMILES string of the molecule is Nc1ccccc1Cl.O=[N+]([O-])O. The van der Waals surface area contributed by atoms with Gasteiger partial charge < -0.3 is 10.9 Å². The van der Waals surface area contributed by atoms with Crippen LogP contribution >= 0.6 is 11.6 Å². The Morgan fingerprint density at radius 1 is 1.50 bits per heavy atom. The summed E-state index contributed by atoms with van der Waals surface area (Å²) in [7, 11) is 0. The third-order valence-electron chi connectivity index (χ3n) is 0.905. The molecule has 0 atom stereocenters. The molecule has 0 radical (unpaired) electrons. The van der Waals surface area contributed by atoms with Gasteiger partial charge in [-0.15, -0.1) is 10.1 Å². The maximum absolute atomic E-state index is 8.36. The molecule has 0 aliphatic rings. The predicted octanol–water partition coefficient (Wildman–Crippen LogP) is 1.57. The van der Waals surface area contributed by atoms with Crippen molar-refractivity contribution in [1.29, 1.82) is 0 Å². The topological polar surface area (TPSA) is 89.4 Å². The summed E-state index contributed by atoms with van der Waals surface area (Å²) in [6, 6.07) is 7.22. The molecular formula is C6H7ClN2O3. The lowest BCUT2D eigenvalue weighted by molar-refractivity contribution is -0.742. The molecule has 12 heavy (non-hydrogen) atoms. The Labute approximate surface area is 73.5 Å². The van der Waals surface area contributed by atoms with Gasteiger partial charge in [-0.3, -0.25) is 0 Å². The Bertz CT molecular complexity index is 242. The van der Waals surface area contributed by atoms with Gasteiger partial charge in [0.05, 0.1) is 10.7 Å². The summed E-state index contributed by atoms with van der Waals surface area (Å²) in [4.78, 5) is 8.36.